The summed E-state index contributed by atoms with van der Waals surface area (Å²) >= 11 is 13.0. The van der Waals surface area contributed by atoms with Crippen LogP contribution in [-0.4, -0.2) is 12.5 Å². The van der Waals surface area contributed by atoms with E-state index in [-0.39, 0.29) is 12.5 Å². The van der Waals surface area contributed by atoms with Gasteiger partial charge in [0.25, 0.3) is 5.91 Å². The van der Waals surface area contributed by atoms with Crippen LogP contribution in [0.2, 0.25) is 5.02 Å². The van der Waals surface area contributed by atoms with Crippen molar-refractivity contribution in [3.8, 4) is 5.75 Å². The van der Waals surface area contributed by atoms with Crippen molar-refractivity contribution in [1.29, 1.82) is 0 Å². The van der Waals surface area contributed by atoms with E-state index in [0.29, 0.717) is 23.0 Å². The van der Waals surface area contributed by atoms with Crippen molar-refractivity contribution in [1.82, 2.24) is 0 Å². The van der Waals surface area contributed by atoms with Crippen molar-refractivity contribution < 1.29 is 9.53 Å². The minimum absolute atomic E-state index is 0.111. The van der Waals surface area contributed by atoms with Crippen molar-refractivity contribution in [2.24, 2.45) is 0 Å². The standard InChI is InChI=1S/C21H17Br2ClN2O2/c22-15-6-8-16(9-7-15)25-12-14-5-10-20(17(23)11-14)28-13-21(27)26-19-4-2-1-3-18(19)24/h1-11,25H,12-13H2,(H,26,27). The summed E-state index contributed by atoms with van der Waals surface area (Å²) in [5, 5.41) is 6.57. The summed E-state index contributed by atoms with van der Waals surface area (Å²) in [6.07, 6.45) is 0. The molecule has 3 aromatic carbocycles. The summed E-state index contributed by atoms with van der Waals surface area (Å²) in [7, 11) is 0. The number of hydrogen-bond donors (Lipinski definition) is 2. The number of para-hydroxylation sites is 1. The molecule has 0 aliphatic carbocycles. The van der Waals surface area contributed by atoms with Crippen LogP contribution in [0, 0.1) is 0 Å². The first-order chi connectivity index (χ1) is 13.5. The molecular weight excluding hydrogens is 508 g/mol. The first-order valence-corrected chi connectivity index (χ1v) is 10.4. The summed E-state index contributed by atoms with van der Waals surface area (Å²) in [5.41, 5.74) is 2.68. The van der Waals surface area contributed by atoms with E-state index in [2.05, 4.69) is 42.5 Å². The topological polar surface area (TPSA) is 50.4 Å². The molecule has 0 radical (unpaired) electrons. The third kappa shape index (κ3) is 5.99. The molecule has 0 unspecified atom stereocenters. The largest absolute Gasteiger partial charge is 0.483 e. The Labute approximate surface area is 185 Å². The van der Waals surface area contributed by atoms with Gasteiger partial charge in [0.05, 0.1) is 15.2 Å². The second-order valence-electron chi connectivity index (χ2n) is 5.94. The molecule has 0 aliphatic heterocycles. The first-order valence-electron chi connectivity index (χ1n) is 8.46. The second-order valence-corrected chi connectivity index (χ2v) is 8.12. The number of anilines is 2. The Kier molecular flexibility index (Phi) is 7.36. The number of amides is 1. The molecule has 4 nitrogen and oxygen atoms in total. The molecule has 3 rings (SSSR count). The number of nitrogens with one attached hydrogen (secondary N) is 2. The molecule has 7 heteroatoms. The van der Waals surface area contributed by atoms with Crippen LogP contribution in [0.25, 0.3) is 0 Å². The van der Waals surface area contributed by atoms with Crippen molar-refractivity contribution >= 4 is 60.7 Å². The minimum atomic E-state index is -0.277. The zero-order valence-corrected chi connectivity index (χ0v) is 18.6. The summed E-state index contributed by atoms with van der Waals surface area (Å²) in [6.45, 7) is 0.563. The van der Waals surface area contributed by atoms with E-state index in [1.165, 1.54) is 0 Å². The highest BCUT2D eigenvalue weighted by Crippen LogP contribution is 2.27. The maximum Gasteiger partial charge on any atom is 0.262 e. The van der Waals surface area contributed by atoms with E-state index >= 15 is 0 Å². The molecule has 0 saturated carbocycles. The Morgan fingerprint density at radius 1 is 1.00 bits per heavy atom. The van der Waals surface area contributed by atoms with Gasteiger partial charge < -0.3 is 15.4 Å². The van der Waals surface area contributed by atoms with Gasteiger partial charge in [0, 0.05) is 16.7 Å². The van der Waals surface area contributed by atoms with E-state index in [0.717, 1.165) is 20.2 Å². The van der Waals surface area contributed by atoms with Gasteiger partial charge in [0.15, 0.2) is 6.61 Å². The van der Waals surface area contributed by atoms with Crippen molar-refractivity contribution in [2.45, 2.75) is 6.54 Å². The van der Waals surface area contributed by atoms with Crippen molar-refractivity contribution in [3.63, 3.8) is 0 Å². The molecule has 0 bridgehead atoms. The van der Waals surface area contributed by atoms with Crippen LogP contribution < -0.4 is 15.4 Å². The van der Waals surface area contributed by atoms with Crippen molar-refractivity contribution in [3.05, 3.63) is 86.3 Å². The van der Waals surface area contributed by atoms with Crippen molar-refractivity contribution in [2.75, 3.05) is 17.2 Å². The van der Waals surface area contributed by atoms with Crippen LogP contribution in [0.4, 0.5) is 11.4 Å². The monoisotopic (exact) mass is 522 g/mol. The Morgan fingerprint density at radius 2 is 1.75 bits per heavy atom. The molecule has 1 amide bonds. The Hall–Kier alpha value is -2.02. The normalized spacial score (nSPS) is 10.4. The highest BCUT2D eigenvalue weighted by molar-refractivity contribution is 9.10. The quantitative estimate of drug-likeness (QED) is 0.371. The van der Waals surface area contributed by atoms with E-state index in [9.17, 15) is 4.79 Å². The second kappa shape index (κ2) is 9.96. The van der Waals surface area contributed by atoms with Gasteiger partial charge in [-0.1, -0.05) is 45.7 Å². The van der Waals surface area contributed by atoms with Crippen LogP contribution in [0.3, 0.4) is 0 Å². The van der Waals surface area contributed by atoms with Crippen LogP contribution in [0.5, 0.6) is 5.75 Å². The Balaban J connectivity index is 1.53. The summed E-state index contributed by atoms with van der Waals surface area (Å²) in [6, 6.07) is 20.8. The molecule has 28 heavy (non-hydrogen) atoms. The average molecular weight is 525 g/mol. The lowest BCUT2D eigenvalue weighted by Gasteiger charge is -2.12. The fraction of sp³-hybridized carbons (Fsp3) is 0.0952. The third-order valence-electron chi connectivity index (χ3n) is 3.84. The van der Waals surface area contributed by atoms with Gasteiger partial charge in [-0.2, -0.15) is 0 Å². The molecule has 2 N–H and O–H groups in total. The predicted octanol–water partition coefficient (Wildman–Crippen LogP) is 6.49. The van der Waals surface area contributed by atoms with Gasteiger partial charge in [-0.05, 0) is 70.0 Å². The van der Waals surface area contributed by atoms with Crippen LogP contribution >= 0.6 is 43.5 Å². The molecule has 3 aromatic rings. The maximum absolute atomic E-state index is 12.1. The predicted molar refractivity (Wildman–Crippen MR) is 121 cm³/mol. The highest BCUT2D eigenvalue weighted by atomic mass is 79.9. The van der Waals surface area contributed by atoms with Gasteiger partial charge in [0.2, 0.25) is 0 Å². The fourth-order valence-corrected chi connectivity index (χ4v) is 3.42. The van der Waals surface area contributed by atoms with Crippen LogP contribution in [0.1, 0.15) is 5.56 Å². The lowest BCUT2D eigenvalue weighted by Crippen LogP contribution is -2.20. The third-order valence-corrected chi connectivity index (χ3v) is 5.32. The molecule has 0 saturated heterocycles. The first kappa shape index (κ1) is 20.7. The van der Waals surface area contributed by atoms with E-state index in [1.807, 2.05) is 42.5 Å². The minimum Gasteiger partial charge on any atom is -0.483 e. The molecule has 0 spiro atoms. The van der Waals surface area contributed by atoms with E-state index in [4.69, 9.17) is 16.3 Å². The van der Waals surface area contributed by atoms with Gasteiger partial charge >= 0.3 is 0 Å². The van der Waals surface area contributed by atoms with E-state index < -0.39 is 0 Å². The summed E-state index contributed by atoms with van der Waals surface area (Å²) in [5.74, 6) is 0.322. The summed E-state index contributed by atoms with van der Waals surface area (Å²) in [4.78, 5) is 12.1. The van der Waals surface area contributed by atoms with Gasteiger partial charge in [0.1, 0.15) is 5.75 Å². The molecule has 0 aromatic heterocycles. The molecule has 0 atom stereocenters. The molecule has 0 heterocycles. The smallest absolute Gasteiger partial charge is 0.262 e. The average Bonchev–Trinajstić information content (AvgIpc) is 2.68. The number of benzene rings is 3. The number of halogens is 3. The maximum atomic E-state index is 12.1. The number of carbonyl (C=O) groups is 1. The molecule has 0 fully saturated rings. The lowest BCUT2D eigenvalue weighted by atomic mass is 10.2. The van der Waals surface area contributed by atoms with Gasteiger partial charge in [-0.15, -0.1) is 0 Å². The van der Waals surface area contributed by atoms with Crippen LogP contribution in [0.15, 0.2) is 75.7 Å². The van der Waals surface area contributed by atoms with Crippen LogP contribution in [-0.2, 0) is 11.3 Å². The molecular formula is C21H17Br2ClN2O2. The summed E-state index contributed by atoms with van der Waals surface area (Å²) < 4.78 is 7.44. The SMILES string of the molecule is O=C(COc1ccc(CNc2ccc(Br)cc2)cc1Br)Nc1ccccc1Cl. The molecule has 0 aliphatic rings. The lowest BCUT2D eigenvalue weighted by molar-refractivity contribution is -0.118. The highest BCUT2D eigenvalue weighted by Gasteiger charge is 2.09. The molecule has 144 valence electrons. The van der Waals surface area contributed by atoms with Gasteiger partial charge in [-0.25, -0.2) is 0 Å². The number of carbonyl (C=O) groups excluding carboxylic acids is 1. The number of hydrogen-bond acceptors (Lipinski definition) is 3. The van der Waals surface area contributed by atoms with Gasteiger partial charge in [-0.3, -0.25) is 4.79 Å². The zero-order valence-electron chi connectivity index (χ0n) is 14.7. The number of rotatable bonds is 7. The fourth-order valence-electron chi connectivity index (χ4n) is 2.44. The zero-order chi connectivity index (χ0) is 19.9. The van der Waals surface area contributed by atoms with E-state index in [1.54, 1.807) is 24.3 Å². The number of ether oxygens (including phenoxy) is 1. The Morgan fingerprint density at radius 3 is 2.46 bits per heavy atom. The Bertz CT molecular complexity index is 965.